The fourth-order valence-electron chi connectivity index (χ4n) is 1.21. The van der Waals surface area contributed by atoms with Crippen molar-refractivity contribution < 1.29 is 7.05 Å². The zero-order valence-electron chi connectivity index (χ0n) is 9.12. The molecule has 0 radical (unpaired) electrons. The molecule has 0 spiro atoms. The first-order chi connectivity index (χ1) is 6.33. The maximum Gasteiger partial charge on any atom is 0.732 e. The van der Waals surface area contributed by atoms with E-state index in [1.807, 2.05) is 0 Å². The van der Waals surface area contributed by atoms with Crippen LogP contribution < -0.4 is 0 Å². The van der Waals surface area contributed by atoms with E-state index in [-0.39, 0.29) is 0 Å². The molecule has 0 aromatic carbocycles. The van der Waals surface area contributed by atoms with Crippen molar-refractivity contribution in [3.8, 4) is 0 Å². The highest BCUT2D eigenvalue weighted by molar-refractivity contribution is 6.15. The summed E-state index contributed by atoms with van der Waals surface area (Å²) in [7, 11) is 0. The van der Waals surface area contributed by atoms with Gasteiger partial charge in [0.15, 0.2) is 0 Å². The van der Waals surface area contributed by atoms with E-state index >= 15 is 0 Å². The Bertz CT molecular complexity index is 61.9. The van der Waals surface area contributed by atoms with Gasteiger partial charge in [0.1, 0.15) is 0 Å². The van der Waals surface area contributed by atoms with Crippen LogP contribution in [0, 0.1) is 0 Å². The lowest BCUT2D eigenvalue weighted by Crippen LogP contribution is -1.77. The van der Waals surface area contributed by atoms with Gasteiger partial charge in [-0.05, 0) is 0 Å². The molecular weight excluding hydrogens is 185 g/mol. The van der Waals surface area contributed by atoms with E-state index in [4.69, 9.17) is 0 Å². The third kappa shape index (κ3) is 24.5. The second-order valence-corrected chi connectivity index (χ2v) is 3.42. The van der Waals surface area contributed by atoms with Gasteiger partial charge in [-0.3, -0.25) is 0 Å². The highest BCUT2D eigenvalue weighted by atomic mass is 27.2. The highest BCUT2D eigenvalue weighted by Gasteiger charge is 1.87. The van der Waals surface area contributed by atoms with E-state index < -0.39 is 16.1 Å². The monoisotopic (exact) mass is 208 g/mol. The van der Waals surface area contributed by atoms with Crippen molar-refractivity contribution in [2.75, 3.05) is 0 Å². The summed E-state index contributed by atoms with van der Waals surface area (Å²) in [6.07, 6.45) is 11.5. The number of halogens is 2. The Labute approximate surface area is 88.8 Å². The predicted octanol–water partition coefficient (Wildman–Crippen LogP) is 4.34. The molecule has 80 valence electrons. The fraction of sp³-hybridized carbons (Fsp3) is 1.00. The summed E-state index contributed by atoms with van der Waals surface area (Å²) < 4.78 is 19.5. The zero-order chi connectivity index (χ0) is 10.4. The van der Waals surface area contributed by atoms with Gasteiger partial charge in [-0.2, -0.15) is 0 Å². The van der Waals surface area contributed by atoms with E-state index in [9.17, 15) is 7.05 Å². The van der Waals surface area contributed by atoms with Crippen LogP contribution in [0.4, 0.5) is 7.05 Å². The van der Waals surface area contributed by atoms with Crippen molar-refractivity contribution in [1.82, 2.24) is 0 Å². The van der Waals surface area contributed by atoms with Gasteiger partial charge in [0.05, 0.1) is 0 Å². The van der Waals surface area contributed by atoms with E-state index in [1.165, 1.54) is 51.4 Å². The van der Waals surface area contributed by atoms with Crippen LogP contribution in [0.1, 0.15) is 65.2 Å². The summed E-state index contributed by atoms with van der Waals surface area (Å²) in [5.74, 6) is 0. The zero-order valence-corrected chi connectivity index (χ0v) is 10.5. The maximum absolute atomic E-state index is 9.76. The SMILES string of the molecule is CCCCCCCCCC.[F][AlH][F]. The summed E-state index contributed by atoms with van der Waals surface area (Å²) in [6.45, 7) is 4.54. The molecule has 0 bridgehead atoms. The minimum atomic E-state index is -2.58. The van der Waals surface area contributed by atoms with E-state index in [0.717, 1.165) is 0 Å². The average molecular weight is 208 g/mol. The van der Waals surface area contributed by atoms with E-state index in [0.29, 0.717) is 0 Å². The molecule has 0 aromatic heterocycles. The second-order valence-electron chi connectivity index (χ2n) is 3.22. The Morgan fingerprint density at radius 3 is 1.15 bits per heavy atom. The lowest BCUT2D eigenvalue weighted by Gasteiger charge is -1.97. The fourth-order valence-corrected chi connectivity index (χ4v) is 1.21. The number of hydrogen-bond acceptors (Lipinski definition) is 0. The van der Waals surface area contributed by atoms with E-state index in [1.54, 1.807) is 0 Å². The molecule has 0 aliphatic rings. The molecule has 13 heavy (non-hydrogen) atoms. The van der Waals surface area contributed by atoms with Crippen molar-refractivity contribution in [2.24, 2.45) is 0 Å². The normalized spacial score (nSPS) is 8.92. The Kier molecular flexibility index (Phi) is 22.2. The van der Waals surface area contributed by atoms with Crippen LogP contribution in [0.2, 0.25) is 0 Å². The Morgan fingerprint density at radius 1 is 0.692 bits per heavy atom. The molecule has 0 amide bonds. The quantitative estimate of drug-likeness (QED) is 0.431. The van der Waals surface area contributed by atoms with Crippen LogP contribution in [0.5, 0.6) is 0 Å². The molecule has 0 saturated heterocycles. The molecule has 0 saturated carbocycles. The molecule has 0 atom stereocenters. The highest BCUT2D eigenvalue weighted by Crippen LogP contribution is 2.07. The molecule has 0 fully saturated rings. The van der Waals surface area contributed by atoms with Gasteiger partial charge in [0.2, 0.25) is 0 Å². The van der Waals surface area contributed by atoms with Crippen LogP contribution in [-0.2, 0) is 0 Å². The van der Waals surface area contributed by atoms with Crippen LogP contribution in [0.25, 0.3) is 0 Å². The molecule has 3 heteroatoms. The van der Waals surface area contributed by atoms with Gasteiger partial charge < -0.3 is 7.05 Å². The molecule has 0 unspecified atom stereocenters. The van der Waals surface area contributed by atoms with Gasteiger partial charge in [-0.15, -0.1) is 0 Å². The van der Waals surface area contributed by atoms with Gasteiger partial charge >= 0.3 is 16.1 Å². The summed E-state index contributed by atoms with van der Waals surface area (Å²) >= 11 is -2.58. The van der Waals surface area contributed by atoms with Crippen LogP contribution in [0.3, 0.4) is 0 Å². The smallest absolute Gasteiger partial charge is 0.377 e. The minimum absolute atomic E-state index is 1.37. The summed E-state index contributed by atoms with van der Waals surface area (Å²) in [6, 6.07) is 0. The third-order valence-electron chi connectivity index (χ3n) is 1.96. The van der Waals surface area contributed by atoms with Crippen molar-refractivity contribution in [3.63, 3.8) is 0 Å². The molecule has 0 heterocycles. The second kappa shape index (κ2) is 18.2. The first-order valence-electron chi connectivity index (χ1n) is 5.45. The van der Waals surface area contributed by atoms with Crippen LogP contribution in [-0.4, -0.2) is 16.1 Å². The lowest BCUT2D eigenvalue weighted by atomic mass is 10.1. The largest absolute Gasteiger partial charge is 0.732 e. The molecule has 0 N–H and O–H groups in total. The van der Waals surface area contributed by atoms with Gasteiger partial charge in [-0.25, -0.2) is 0 Å². The molecule has 0 rings (SSSR count). The van der Waals surface area contributed by atoms with Gasteiger partial charge in [0.25, 0.3) is 0 Å². The van der Waals surface area contributed by atoms with Crippen molar-refractivity contribution >= 4 is 16.1 Å². The molecule has 0 aliphatic carbocycles. The predicted molar refractivity (Wildman–Crippen MR) is 57.6 cm³/mol. The van der Waals surface area contributed by atoms with Gasteiger partial charge in [-0.1, -0.05) is 65.2 Å². The van der Waals surface area contributed by atoms with Crippen molar-refractivity contribution in [1.29, 1.82) is 0 Å². The number of unbranched alkanes of at least 4 members (excludes halogenated alkanes) is 7. The average Bonchev–Trinajstić information content (AvgIpc) is 2.13. The number of hydrogen-bond donors (Lipinski definition) is 0. The molecule has 0 aliphatic heterocycles. The Hall–Kier alpha value is 0.392. The van der Waals surface area contributed by atoms with Gasteiger partial charge in [0, 0.05) is 0 Å². The Balaban J connectivity index is 0. The third-order valence-corrected chi connectivity index (χ3v) is 1.96. The summed E-state index contributed by atoms with van der Waals surface area (Å²) in [5, 5.41) is 0. The first-order valence-corrected chi connectivity index (χ1v) is 6.52. The van der Waals surface area contributed by atoms with Crippen LogP contribution >= 0.6 is 0 Å². The summed E-state index contributed by atoms with van der Waals surface area (Å²) in [4.78, 5) is 0. The van der Waals surface area contributed by atoms with Crippen LogP contribution in [0.15, 0.2) is 0 Å². The molecular formula is C10H23AlF2. The first kappa shape index (κ1) is 15.8. The topological polar surface area (TPSA) is 0 Å². The lowest BCUT2D eigenvalue weighted by molar-refractivity contribution is 0.585. The van der Waals surface area contributed by atoms with Crippen molar-refractivity contribution in [2.45, 2.75) is 65.2 Å². The molecule has 0 aromatic rings. The van der Waals surface area contributed by atoms with E-state index in [2.05, 4.69) is 13.8 Å². The molecule has 0 nitrogen and oxygen atoms in total. The summed E-state index contributed by atoms with van der Waals surface area (Å²) in [5.41, 5.74) is 0. The minimum Gasteiger partial charge on any atom is -0.377 e. The van der Waals surface area contributed by atoms with Crippen molar-refractivity contribution in [3.05, 3.63) is 0 Å². The number of rotatable bonds is 7. The standard InChI is InChI=1S/C10H22.Al.2FH.H/c1-3-5-7-9-10-8-6-4-2;;;;/h3-10H2,1-2H3;;2*1H;/q;+2;;;/p-2. The Morgan fingerprint density at radius 2 is 0.923 bits per heavy atom. The maximum atomic E-state index is 9.76.